The summed E-state index contributed by atoms with van der Waals surface area (Å²) in [4.78, 5) is 37.5. The van der Waals surface area contributed by atoms with Crippen LogP contribution in [0.25, 0.3) is 5.76 Å². The van der Waals surface area contributed by atoms with Crippen molar-refractivity contribution in [1.82, 2.24) is 0 Å². The van der Waals surface area contributed by atoms with Gasteiger partial charge in [0.1, 0.15) is 11.6 Å². The van der Waals surface area contributed by atoms with Crippen molar-refractivity contribution in [3.63, 3.8) is 0 Å². The van der Waals surface area contributed by atoms with Crippen molar-refractivity contribution in [2.45, 2.75) is 13.0 Å². The zero-order valence-electron chi connectivity index (χ0n) is 16.9. The first-order chi connectivity index (χ1) is 15.3. The number of aliphatic hydroxyl groups excluding tert-OH is 1. The van der Waals surface area contributed by atoms with E-state index < -0.39 is 34.2 Å². The first-order valence-electron chi connectivity index (χ1n) is 9.66. The number of aliphatic hydroxyl groups is 1. The maximum Gasteiger partial charge on any atom is 0.300 e. The Kier molecular flexibility index (Phi) is 5.28. The smallest absolute Gasteiger partial charge is 0.300 e. The minimum atomic E-state index is -1.21. The fraction of sp³-hybridized carbons (Fsp3) is 0.0833. The molecule has 32 heavy (non-hydrogen) atoms. The average Bonchev–Trinajstić information content (AvgIpc) is 3.05. The average molecular weight is 432 g/mol. The molecule has 160 valence electrons. The Labute approximate surface area is 182 Å². The van der Waals surface area contributed by atoms with Crippen molar-refractivity contribution in [2.24, 2.45) is 0 Å². The lowest BCUT2D eigenvalue weighted by molar-refractivity contribution is -0.384. The third-order valence-corrected chi connectivity index (χ3v) is 5.31. The molecule has 1 N–H and O–H groups in total. The number of carbonyl (C=O) groups excluding carboxylic acids is 2. The number of benzene rings is 3. The van der Waals surface area contributed by atoms with Crippen LogP contribution in [0.1, 0.15) is 22.7 Å². The summed E-state index contributed by atoms with van der Waals surface area (Å²) in [6.07, 6.45) is 0. The number of nitro benzene ring substituents is 1. The van der Waals surface area contributed by atoms with Gasteiger partial charge in [0.25, 0.3) is 17.4 Å². The van der Waals surface area contributed by atoms with Crippen molar-refractivity contribution in [3.8, 4) is 0 Å². The van der Waals surface area contributed by atoms with Crippen LogP contribution in [0.15, 0.2) is 78.4 Å². The lowest BCUT2D eigenvalue weighted by atomic mass is 9.94. The summed E-state index contributed by atoms with van der Waals surface area (Å²) < 4.78 is 14.8. The number of nitro groups is 1. The summed E-state index contributed by atoms with van der Waals surface area (Å²) in [6.45, 7) is 1.86. The molecule has 1 aliphatic rings. The number of ketones is 1. The van der Waals surface area contributed by atoms with Gasteiger partial charge in [-0.2, -0.15) is 0 Å². The van der Waals surface area contributed by atoms with Gasteiger partial charge < -0.3 is 5.11 Å². The molecule has 4 rings (SSSR count). The number of carbonyl (C=O) groups is 2. The standard InChI is InChI=1S/C24H17FN2O5/c1-14-6-10-16(11-7-14)26-21(18-4-2-3-5-19(18)25)20(23(29)24(26)30)22(28)15-8-12-17(13-9-15)27(31)32/h2-13,21,28H,1H3/b22-20+. The van der Waals surface area contributed by atoms with E-state index in [1.165, 1.54) is 42.5 Å². The number of aryl methyl sites for hydroxylation is 1. The van der Waals surface area contributed by atoms with Crippen LogP contribution in [0.2, 0.25) is 0 Å². The first-order valence-corrected chi connectivity index (χ1v) is 9.66. The number of hydrogen-bond acceptors (Lipinski definition) is 5. The second-order valence-electron chi connectivity index (χ2n) is 7.33. The van der Waals surface area contributed by atoms with Gasteiger partial charge in [0.2, 0.25) is 0 Å². The van der Waals surface area contributed by atoms with E-state index in [4.69, 9.17) is 0 Å². The molecule has 1 heterocycles. The van der Waals surface area contributed by atoms with Crippen LogP contribution >= 0.6 is 0 Å². The number of halogens is 1. The molecular formula is C24H17FN2O5. The van der Waals surface area contributed by atoms with E-state index in [2.05, 4.69) is 0 Å². The molecule has 0 saturated carbocycles. The summed E-state index contributed by atoms with van der Waals surface area (Å²) in [7, 11) is 0. The van der Waals surface area contributed by atoms with Crippen molar-refractivity contribution >= 4 is 28.8 Å². The molecule has 0 radical (unpaired) electrons. The van der Waals surface area contributed by atoms with Gasteiger partial charge >= 0.3 is 0 Å². The second-order valence-corrected chi connectivity index (χ2v) is 7.33. The fourth-order valence-electron chi connectivity index (χ4n) is 3.69. The zero-order chi connectivity index (χ0) is 23.0. The molecule has 1 unspecified atom stereocenters. The number of non-ortho nitro benzene ring substituents is 1. The van der Waals surface area contributed by atoms with Crippen molar-refractivity contribution < 1.29 is 24.0 Å². The van der Waals surface area contributed by atoms with Crippen LogP contribution < -0.4 is 4.90 Å². The van der Waals surface area contributed by atoms with Crippen molar-refractivity contribution in [2.75, 3.05) is 4.90 Å². The largest absolute Gasteiger partial charge is 0.507 e. The lowest BCUT2D eigenvalue weighted by Crippen LogP contribution is -2.29. The van der Waals surface area contributed by atoms with Crippen molar-refractivity contribution in [1.29, 1.82) is 0 Å². The van der Waals surface area contributed by atoms with Gasteiger partial charge in [-0.15, -0.1) is 0 Å². The lowest BCUT2D eigenvalue weighted by Gasteiger charge is -2.25. The SMILES string of the molecule is Cc1ccc(N2C(=O)C(=O)/C(=C(/O)c3ccc([N+](=O)[O-])cc3)C2c2ccccc2F)cc1. The van der Waals surface area contributed by atoms with Gasteiger partial charge in [0.05, 0.1) is 16.5 Å². The first kappa shape index (κ1) is 20.9. The molecule has 1 aliphatic heterocycles. The molecule has 1 saturated heterocycles. The molecule has 3 aromatic rings. The summed E-state index contributed by atoms with van der Waals surface area (Å²) in [5, 5.41) is 21.9. The molecule has 0 aliphatic carbocycles. The van der Waals surface area contributed by atoms with Crippen LogP contribution in [0.3, 0.4) is 0 Å². The topological polar surface area (TPSA) is 101 Å². The van der Waals surface area contributed by atoms with E-state index in [-0.39, 0.29) is 22.4 Å². The fourth-order valence-corrected chi connectivity index (χ4v) is 3.69. The van der Waals surface area contributed by atoms with Crippen LogP contribution in [0.5, 0.6) is 0 Å². The highest BCUT2D eigenvalue weighted by molar-refractivity contribution is 6.51. The quantitative estimate of drug-likeness (QED) is 0.212. The monoisotopic (exact) mass is 432 g/mol. The number of Topliss-reactive ketones (excluding diaryl/α,β-unsaturated/α-hetero) is 1. The zero-order valence-corrected chi connectivity index (χ0v) is 16.9. The maximum absolute atomic E-state index is 14.8. The number of nitrogens with zero attached hydrogens (tertiary/aromatic N) is 2. The van der Waals surface area contributed by atoms with Gasteiger partial charge in [-0.3, -0.25) is 24.6 Å². The number of rotatable bonds is 4. The van der Waals surface area contributed by atoms with Gasteiger partial charge in [0, 0.05) is 28.9 Å². The Morgan fingerprint density at radius 1 is 1.00 bits per heavy atom. The maximum atomic E-state index is 14.8. The molecule has 8 heteroatoms. The molecule has 0 spiro atoms. The highest BCUT2D eigenvalue weighted by Gasteiger charge is 2.47. The highest BCUT2D eigenvalue weighted by Crippen LogP contribution is 2.43. The summed E-state index contributed by atoms with van der Waals surface area (Å²) in [6, 6.07) is 16.1. The molecule has 3 aromatic carbocycles. The molecule has 1 amide bonds. The van der Waals surface area contributed by atoms with Crippen LogP contribution in [-0.2, 0) is 9.59 Å². The molecule has 7 nitrogen and oxygen atoms in total. The van der Waals surface area contributed by atoms with E-state index in [0.29, 0.717) is 5.69 Å². The normalized spacial score (nSPS) is 17.6. The summed E-state index contributed by atoms with van der Waals surface area (Å²) in [5.41, 5.74) is 0.934. The van der Waals surface area contributed by atoms with Crippen molar-refractivity contribution in [3.05, 3.63) is 111 Å². The van der Waals surface area contributed by atoms with Gasteiger partial charge in [-0.25, -0.2) is 4.39 Å². The molecule has 1 atom stereocenters. The number of amides is 1. The Morgan fingerprint density at radius 3 is 2.22 bits per heavy atom. The third-order valence-electron chi connectivity index (χ3n) is 5.31. The molecule has 0 bridgehead atoms. The van der Waals surface area contributed by atoms with Crippen LogP contribution in [0, 0.1) is 22.9 Å². The van der Waals surface area contributed by atoms with Gasteiger partial charge in [0.15, 0.2) is 0 Å². The Hall–Kier alpha value is -4.33. The van der Waals surface area contributed by atoms with E-state index >= 15 is 0 Å². The third kappa shape index (κ3) is 3.51. The summed E-state index contributed by atoms with van der Waals surface area (Å²) >= 11 is 0. The predicted octanol–water partition coefficient (Wildman–Crippen LogP) is 4.67. The Morgan fingerprint density at radius 2 is 1.62 bits per heavy atom. The minimum Gasteiger partial charge on any atom is -0.507 e. The second kappa shape index (κ2) is 8.07. The molecule has 1 fully saturated rings. The Bertz CT molecular complexity index is 1270. The van der Waals surface area contributed by atoms with Gasteiger partial charge in [-0.05, 0) is 37.3 Å². The van der Waals surface area contributed by atoms with Crippen LogP contribution in [-0.4, -0.2) is 21.7 Å². The minimum absolute atomic E-state index is 0.0377. The predicted molar refractivity (Wildman–Crippen MR) is 115 cm³/mol. The number of hydrogen-bond donors (Lipinski definition) is 1. The van der Waals surface area contributed by atoms with E-state index in [0.717, 1.165) is 10.5 Å². The van der Waals surface area contributed by atoms with E-state index in [9.17, 15) is 29.2 Å². The van der Waals surface area contributed by atoms with E-state index in [1.807, 2.05) is 6.92 Å². The van der Waals surface area contributed by atoms with E-state index in [1.54, 1.807) is 30.3 Å². The Balaban J connectivity index is 1.93. The molecule has 0 aromatic heterocycles. The summed E-state index contributed by atoms with van der Waals surface area (Å²) in [5.74, 6) is -3.08. The number of anilines is 1. The van der Waals surface area contributed by atoms with Gasteiger partial charge in [-0.1, -0.05) is 35.9 Å². The van der Waals surface area contributed by atoms with Crippen LogP contribution in [0.4, 0.5) is 15.8 Å². The highest BCUT2D eigenvalue weighted by atomic mass is 19.1. The molecular weight excluding hydrogens is 415 g/mol.